The Morgan fingerprint density at radius 1 is 0.792 bits per heavy atom. The van der Waals surface area contributed by atoms with Crippen LogP contribution >= 0.6 is 11.3 Å². The molecule has 0 aliphatic rings. The Bertz CT molecular complexity index is 1020. The first kappa shape index (κ1) is 14.7. The van der Waals surface area contributed by atoms with E-state index in [2.05, 4.69) is 0 Å². The molecule has 0 aliphatic carbocycles. The molecule has 118 valence electrons. The van der Waals surface area contributed by atoms with Crippen LogP contribution in [0, 0.1) is 0 Å². The number of thiazole rings is 1. The van der Waals surface area contributed by atoms with Gasteiger partial charge in [-0.2, -0.15) is 0 Å². The van der Waals surface area contributed by atoms with Crippen LogP contribution in [0.25, 0.3) is 10.2 Å². The lowest BCUT2D eigenvalue weighted by Crippen LogP contribution is -2.13. The van der Waals surface area contributed by atoms with Crippen molar-refractivity contribution in [1.29, 1.82) is 0 Å². The molecule has 0 spiro atoms. The van der Waals surface area contributed by atoms with Gasteiger partial charge in [0.25, 0.3) is 0 Å². The normalized spacial score (nSPS) is 10.8. The zero-order chi connectivity index (χ0) is 16.4. The SMILES string of the molecule is O=c1sc2ccccc2n1Cc1ccc(Oc2ccccc2)cc1. The van der Waals surface area contributed by atoms with Gasteiger partial charge < -0.3 is 4.74 Å². The van der Waals surface area contributed by atoms with Crippen LogP contribution in [0.5, 0.6) is 11.5 Å². The third kappa shape index (κ3) is 2.96. The summed E-state index contributed by atoms with van der Waals surface area (Å²) in [5.41, 5.74) is 2.05. The fourth-order valence-electron chi connectivity index (χ4n) is 2.63. The molecule has 3 aromatic carbocycles. The van der Waals surface area contributed by atoms with Crippen LogP contribution in [0.15, 0.2) is 83.7 Å². The molecule has 1 aromatic heterocycles. The fourth-order valence-corrected chi connectivity index (χ4v) is 3.52. The number of hydrogen-bond donors (Lipinski definition) is 0. The van der Waals surface area contributed by atoms with E-state index in [-0.39, 0.29) is 4.87 Å². The lowest BCUT2D eigenvalue weighted by atomic mass is 10.2. The van der Waals surface area contributed by atoms with Gasteiger partial charge in [0.15, 0.2) is 0 Å². The van der Waals surface area contributed by atoms with E-state index in [1.165, 1.54) is 11.3 Å². The first-order valence-electron chi connectivity index (χ1n) is 7.70. The molecule has 0 bridgehead atoms. The molecule has 0 fully saturated rings. The number of nitrogens with zero attached hydrogens (tertiary/aromatic N) is 1. The highest BCUT2D eigenvalue weighted by molar-refractivity contribution is 7.16. The number of para-hydroxylation sites is 2. The second-order valence-electron chi connectivity index (χ2n) is 5.48. The van der Waals surface area contributed by atoms with Crippen molar-refractivity contribution < 1.29 is 4.74 Å². The van der Waals surface area contributed by atoms with Gasteiger partial charge in [0, 0.05) is 0 Å². The van der Waals surface area contributed by atoms with E-state index in [1.807, 2.05) is 83.4 Å². The van der Waals surface area contributed by atoms with Gasteiger partial charge in [-0.1, -0.05) is 53.8 Å². The first-order valence-corrected chi connectivity index (χ1v) is 8.51. The molecule has 4 aromatic rings. The standard InChI is InChI=1S/C20H15NO2S/c22-20-21(18-8-4-5-9-19(18)24-20)14-15-10-12-17(13-11-15)23-16-6-2-1-3-7-16/h1-13H,14H2. The monoisotopic (exact) mass is 333 g/mol. The Labute approximate surface area is 143 Å². The molecule has 0 N–H and O–H groups in total. The van der Waals surface area contributed by atoms with E-state index in [9.17, 15) is 4.79 Å². The van der Waals surface area contributed by atoms with Crippen LogP contribution in [0.4, 0.5) is 0 Å². The van der Waals surface area contributed by atoms with Gasteiger partial charge in [-0.3, -0.25) is 9.36 Å². The minimum absolute atomic E-state index is 0.0702. The number of hydrogen-bond acceptors (Lipinski definition) is 3. The van der Waals surface area contributed by atoms with Crippen molar-refractivity contribution >= 4 is 21.6 Å². The predicted octanol–water partition coefficient (Wildman–Crippen LogP) is 4.90. The van der Waals surface area contributed by atoms with E-state index in [0.29, 0.717) is 6.54 Å². The second kappa shape index (κ2) is 6.34. The van der Waals surface area contributed by atoms with Gasteiger partial charge in [0.2, 0.25) is 0 Å². The lowest BCUT2D eigenvalue weighted by molar-refractivity contribution is 0.482. The van der Waals surface area contributed by atoms with E-state index in [4.69, 9.17) is 4.74 Å². The Balaban J connectivity index is 1.57. The largest absolute Gasteiger partial charge is 0.457 e. The van der Waals surface area contributed by atoms with Crippen molar-refractivity contribution in [2.75, 3.05) is 0 Å². The Morgan fingerprint density at radius 2 is 1.46 bits per heavy atom. The average Bonchev–Trinajstić information content (AvgIpc) is 2.93. The van der Waals surface area contributed by atoms with Gasteiger partial charge in [-0.15, -0.1) is 0 Å². The van der Waals surface area contributed by atoms with Gasteiger partial charge in [0.1, 0.15) is 11.5 Å². The van der Waals surface area contributed by atoms with Crippen LogP contribution in [0.2, 0.25) is 0 Å². The molecule has 0 saturated carbocycles. The minimum atomic E-state index is 0.0702. The van der Waals surface area contributed by atoms with Gasteiger partial charge in [0.05, 0.1) is 16.8 Å². The topological polar surface area (TPSA) is 31.2 Å². The molecule has 0 saturated heterocycles. The fraction of sp³-hybridized carbons (Fsp3) is 0.0500. The van der Waals surface area contributed by atoms with Gasteiger partial charge in [-0.05, 0) is 42.0 Å². The van der Waals surface area contributed by atoms with Crippen molar-refractivity contribution in [2.24, 2.45) is 0 Å². The van der Waals surface area contributed by atoms with Crippen molar-refractivity contribution in [3.63, 3.8) is 0 Å². The predicted molar refractivity (Wildman–Crippen MR) is 98.1 cm³/mol. The molecule has 0 atom stereocenters. The van der Waals surface area contributed by atoms with Gasteiger partial charge >= 0.3 is 4.87 Å². The summed E-state index contributed by atoms with van der Waals surface area (Å²) in [7, 11) is 0. The molecular weight excluding hydrogens is 318 g/mol. The van der Waals surface area contributed by atoms with Crippen LogP contribution in [-0.4, -0.2) is 4.57 Å². The number of rotatable bonds is 4. The molecule has 0 aliphatic heterocycles. The highest BCUT2D eigenvalue weighted by Crippen LogP contribution is 2.22. The molecule has 24 heavy (non-hydrogen) atoms. The molecular formula is C20H15NO2S. The van der Waals surface area contributed by atoms with Crippen molar-refractivity contribution in [3.8, 4) is 11.5 Å². The van der Waals surface area contributed by atoms with Crippen LogP contribution in [0.3, 0.4) is 0 Å². The zero-order valence-corrected chi connectivity index (χ0v) is 13.7. The molecule has 4 rings (SSSR count). The van der Waals surface area contributed by atoms with E-state index in [1.54, 1.807) is 0 Å². The van der Waals surface area contributed by atoms with E-state index >= 15 is 0 Å². The molecule has 4 heteroatoms. The Morgan fingerprint density at radius 3 is 2.25 bits per heavy atom. The maximum absolute atomic E-state index is 12.2. The zero-order valence-electron chi connectivity index (χ0n) is 12.9. The van der Waals surface area contributed by atoms with Crippen molar-refractivity contribution in [3.05, 3.63) is 94.1 Å². The summed E-state index contributed by atoms with van der Waals surface area (Å²) >= 11 is 1.29. The summed E-state index contributed by atoms with van der Waals surface area (Å²) in [6.45, 7) is 0.564. The first-order chi connectivity index (χ1) is 11.8. The smallest absolute Gasteiger partial charge is 0.308 e. The summed E-state index contributed by atoms with van der Waals surface area (Å²) in [6.07, 6.45) is 0. The lowest BCUT2D eigenvalue weighted by Gasteiger charge is -2.07. The van der Waals surface area contributed by atoms with E-state index < -0.39 is 0 Å². The van der Waals surface area contributed by atoms with Crippen LogP contribution in [0.1, 0.15) is 5.56 Å². The summed E-state index contributed by atoms with van der Waals surface area (Å²) in [5.74, 6) is 1.60. The molecule has 0 unspecified atom stereocenters. The maximum atomic E-state index is 12.2. The molecule has 0 radical (unpaired) electrons. The number of benzene rings is 3. The van der Waals surface area contributed by atoms with Crippen molar-refractivity contribution in [1.82, 2.24) is 4.57 Å². The third-order valence-electron chi connectivity index (χ3n) is 3.82. The maximum Gasteiger partial charge on any atom is 0.308 e. The summed E-state index contributed by atoms with van der Waals surface area (Å²) < 4.78 is 8.63. The van der Waals surface area contributed by atoms with Crippen LogP contribution in [-0.2, 0) is 6.54 Å². The average molecular weight is 333 g/mol. The number of fused-ring (bicyclic) bond motifs is 1. The Kier molecular flexibility index (Phi) is 3.89. The highest BCUT2D eigenvalue weighted by atomic mass is 32.1. The highest BCUT2D eigenvalue weighted by Gasteiger charge is 2.07. The quantitative estimate of drug-likeness (QED) is 0.532. The Hall–Kier alpha value is -2.85. The van der Waals surface area contributed by atoms with Crippen molar-refractivity contribution in [2.45, 2.75) is 6.54 Å². The number of ether oxygens (including phenoxy) is 1. The molecule has 3 nitrogen and oxygen atoms in total. The third-order valence-corrected chi connectivity index (χ3v) is 4.78. The summed E-state index contributed by atoms with van der Waals surface area (Å²) in [4.78, 5) is 12.3. The summed E-state index contributed by atoms with van der Waals surface area (Å²) in [6, 6.07) is 25.4. The molecule has 0 amide bonds. The second-order valence-corrected chi connectivity index (χ2v) is 6.47. The molecule has 1 heterocycles. The minimum Gasteiger partial charge on any atom is -0.457 e. The van der Waals surface area contributed by atoms with Crippen LogP contribution < -0.4 is 9.61 Å². The number of aromatic nitrogens is 1. The van der Waals surface area contributed by atoms with Gasteiger partial charge in [-0.25, -0.2) is 0 Å². The summed E-state index contributed by atoms with van der Waals surface area (Å²) in [5, 5.41) is 0. The van der Waals surface area contributed by atoms with E-state index in [0.717, 1.165) is 27.3 Å².